The molecule has 1 aromatic carbocycles. The molecular formula is C20H21FN4O3. The fraction of sp³-hybridized carbons (Fsp3) is 0.300. The van der Waals surface area contributed by atoms with Crippen LogP contribution >= 0.6 is 0 Å². The highest BCUT2D eigenvalue weighted by Gasteiger charge is 2.34. The first-order chi connectivity index (χ1) is 13.4. The Morgan fingerprint density at radius 3 is 2.57 bits per heavy atom. The van der Waals surface area contributed by atoms with Gasteiger partial charge in [-0.05, 0) is 48.6 Å². The van der Waals surface area contributed by atoms with Crippen LogP contribution < -0.4 is 11.1 Å². The standard InChI is InChI=1S/C20H21FN4O3/c1-12-4-9-16(13-5-7-14(21)8-6-13)25(11-12)20(28)19(27)24-18-15(17(22)26)3-2-10-23-18/h2-3,5-8,10,12,16H,4,9,11H2,1H3,(H2,22,26)(H,23,24,27). The first kappa shape index (κ1) is 19.5. The van der Waals surface area contributed by atoms with Crippen molar-refractivity contribution in [1.29, 1.82) is 0 Å². The Bertz CT molecular complexity index is 901. The zero-order valence-electron chi connectivity index (χ0n) is 15.4. The lowest BCUT2D eigenvalue weighted by Gasteiger charge is -2.38. The number of amides is 3. The van der Waals surface area contributed by atoms with Crippen molar-refractivity contribution in [3.8, 4) is 0 Å². The Balaban J connectivity index is 1.82. The summed E-state index contributed by atoms with van der Waals surface area (Å²) >= 11 is 0. The largest absolute Gasteiger partial charge is 0.365 e. The number of hydrogen-bond acceptors (Lipinski definition) is 4. The number of carbonyl (C=O) groups is 3. The summed E-state index contributed by atoms with van der Waals surface area (Å²) < 4.78 is 13.3. The molecule has 3 N–H and O–H groups in total. The van der Waals surface area contributed by atoms with Gasteiger partial charge in [-0.15, -0.1) is 0 Å². The molecule has 3 rings (SSSR count). The van der Waals surface area contributed by atoms with Crippen molar-refractivity contribution in [3.63, 3.8) is 0 Å². The van der Waals surface area contributed by atoms with Crippen molar-refractivity contribution in [2.45, 2.75) is 25.8 Å². The van der Waals surface area contributed by atoms with Crippen molar-refractivity contribution >= 4 is 23.5 Å². The van der Waals surface area contributed by atoms with Gasteiger partial charge in [0.2, 0.25) is 0 Å². The quantitative estimate of drug-likeness (QED) is 0.792. The number of primary amides is 1. The Hall–Kier alpha value is -3.29. The molecule has 1 aromatic heterocycles. The maximum Gasteiger partial charge on any atom is 0.315 e. The summed E-state index contributed by atoms with van der Waals surface area (Å²) in [5, 5.41) is 2.38. The van der Waals surface area contributed by atoms with Crippen LogP contribution in [0.25, 0.3) is 0 Å². The first-order valence-electron chi connectivity index (χ1n) is 8.99. The van der Waals surface area contributed by atoms with Crippen molar-refractivity contribution < 1.29 is 18.8 Å². The molecule has 0 saturated carbocycles. The predicted octanol–water partition coefficient (Wildman–Crippen LogP) is 2.26. The molecule has 0 aliphatic carbocycles. The molecule has 8 heteroatoms. The van der Waals surface area contributed by atoms with Gasteiger partial charge in [-0.1, -0.05) is 19.1 Å². The van der Waals surface area contributed by atoms with Crippen LogP contribution in [0.3, 0.4) is 0 Å². The number of benzene rings is 1. The van der Waals surface area contributed by atoms with Crippen LogP contribution in [0.15, 0.2) is 42.6 Å². The van der Waals surface area contributed by atoms with E-state index < -0.39 is 17.7 Å². The van der Waals surface area contributed by atoms with Crippen LogP contribution in [0.1, 0.15) is 41.7 Å². The average Bonchev–Trinajstić information content (AvgIpc) is 2.68. The number of aromatic nitrogens is 1. The molecule has 1 fully saturated rings. The maximum absolute atomic E-state index is 13.3. The van der Waals surface area contributed by atoms with Gasteiger partial charge in [-0.25, -0.2) is 9.37 Å². The molecule has 1 aliphatic rings. The van der Waals surface area contributed by atoms with Crippen LogP contribution in [0.5, 0.6) is 0 Å². The van der Waals surface area contributed by atoms with Crippen LogP contribution in [-0.4, -0.2) is 34.2 Å². The van der Waals surface area contributed by atoms with Gasteiger partial charge in [0.1, 0.15) is 11.6 Å². The van der Waals surface area contributed by atoms with Gasteiger partial charge in [-0.2, -0.15) is 0 Å². The smallest absolute Gasteiger partial charge is 0.315 e. The lowest BCUT2D eigenvalue weighted by Crippen LogP contribution is -2.46. The summed E-state index contributed by atoms with van der Waals surface area (Å²) in [5.74, 6) is -2.59. The van der Waals surface area contributed by atoms with Crippen molar-refractivity contribution in [2.24, 2.45) is 11.7 Å². The minimum Gasteiger partial charge on any atom is -0.365 e. The summed E-state index contributed by atoms with van der Waals surface area (Å²) in [6, 6.07) is 8.52. The normalized spacial score (nSPS) is 19.1. The minimum atomic E-state index is -0.901. The van der Waals surface area contributed by atoms with E-state index in [1.54, 1.807) is 12.1 Å². The number of likely N-dealkylation sites (tertiary alicyclic amines) is 1. The molecular weight excluding hydrogens is 363 g/mol. The predicted molar refractivity (Wildman–Crippen MR) is 101 cm³/mol. The highest BCUT2D eigenvalue weighted by molar-refractivity contribution is 6.39. The Morgan fingerprint density at radius 1 is 1.18 bits per heavy atom. The van der Waals surface area contributed by atoms with E-state index in [-0.39, 0.29) is 29.2 Å². The monoisotopic (exact) mass is 384 g/mol. The van der Waals surface area contributed by atoms with E-state index in [0.29, 0.717) is 13.0 Å². The minimum absolute atomic E-state index is 0.0192. The first-order valence-corrected chi connectivity index (χ1v) is 8.99. The fourth-order valence-corrected chi connectivity index (χ4v) is 3.40. The van der Waals surface area contributed by atoms with Gasteiger partial charge in [0.15, 0.2) is 0 Å². The molecule has 0 spiro atoms. The summed E-state index contributed by atoms with van der Waals surface area (Å²) in [6.45, 7) is 2.40. The number of piperidine rings is 1. The summed E-state index contributed by atoms with van der Waals surface area (Å²) in [5.41, 5.74) is 6.07. The van der Waals surface area contributed by atoms with Gasteiger partial charge in [0.05, 0.1) is 11.6 Å². The Labute approximate surface area is 161 Å². The van der Waals surface area contributed by atoms with Crippen molar-refractivity contribution in [2.75, 3.05) is 11.9 Å². The number of nitrogens with two attached hydrogens (primary N) is 1. The molecule has 2 heterocycles. The molecule has 28 heavy (non-hydrogen) atoms. The van der Waals surface area contributed by atoms with Gasteiger partial charge < -0.3 is 16.0 Å². The molecule has 1 saturated heterocycles. The number of anilines is 1. The molecule has 2 unspecified atom stereocenters. The SMILES string of the molecule is CC1CCC(c2ccc(F)cc2)N(C(=O)C(=O)Nc2ncccc2C(N)=O)C1. The number of rotatable bonds is 3. The lowest BCUT2D eigenvalue weighted by atomic mass is 9.90. The van der Waals surface area contributed by atoms with E-state index in [0.717, 1.165) is 12.0 Å². The molecule has 3 amide bonds. The van der Waals surface area contributed by atoms with Gasteiger partial charge in [0.25, 0.3) is 5.91 Å². The van der Waals surface area contributed by atoms with Crippen LogP contribution in [0.4, 0.5) is 10.2 Å². The molecule has 7 nitrogen and oxygen atoms in total. The zero-order chi connectivity index (χ0) is 20.3. The molecule has 1 aliphatic heterocycles. The number of hydrogen-bond donors (Lipinski definition) is 2. The second kappa shape index (κ2) is 8.16. The molecule has 0 bridgehead atoms. The van der Waals surface area contributed by atoms with Crippen LogP contribution in [-0.2, 0) is 9.59 Å². The van der Waals surface area contributed by atoms with Crippen LogP contribution in [0.2, 0.25) is 0 Å². The number of halogens is 1. The topological polar surface area (TPSA) is 105 Å². The third kappa shape index (κ3) is 4.16. The summed E-state index contributed by atoms with van der Waals surface area (Å²) in [7, 11) is 0. The zero-order valence-corrected chi connectivity index (χ0v) is 15.4. The number of carbonyl (C=O) groups excluding carboxylic acids is 3. The number of nitrogens with one attached hydrogen (secondary N) is 1. The third-order valence-corrected chi connectivity index (χ3v) is 4.83. The average molecular weight is 384 g/mol. The number of pyridine rings is 1. The van der Waals surface area contributed by atoms with Gasteiger partial charge >= 0.3 is 11.8 Å². The molecule has 2 aromatic rings. The third-order valence-electron chi connectivity index (χ3n) is 4.83. The second-order valence-electron chi connectivity index (χ2n) is 6.93. The van der Waals surface area contributed by atoms with E-state index in [4.69, 9.17) is 5.73 Å². The number of nitrogens with zero attached hydrogens (tertiary/aromatic N) is 2. The highest BCUT2D eigenvalue weighted by Crippen LogP contribution is 2.33. The van der Waals surface area contributed by atoms with Crippen LogP contribution in [0, 0.1) is 11.7 Å². The van der Waals surface area contributed by atoms with Gasteiger partial charge in [0, 0.05) is 12.7 Å². The van der Waals surface area contributed by atoms with E-state index in [9.17, 15) is 18.8 Å². The van der Waals surface area contributed by atoms with Gasteiger partial charge in [-0.3, -0.25) is 14.4 Å². The van der Waals surface area contributed by atoms with E-state index in [2.05, 4.69) is 10.3 Å². The van der Waals surface area contributed by atoms with Crippen molar-refractivity contribution in [3.05, 3.63) is 59.5 Å². The molecule has 146 valence electrons. The highest BCUT2D eigenvalue weighted by atomic mass is 19.1. The summed E-state index contributed by atoms with van der Waals surface area (Å²) in [6.07, 6.45) is 2.94. The fourth-order valence-electron chi connectivity index (χ4n) is 3.40. The van der Waals surface area contributed by atoms with Crippen molar-refractivity contribution in [1.82, 2.24) is 9.88 Å². The van der Waals surface area contributed by atoms with E-state index >= 15 is 0 Å². The summed E-state index contributed by atoms with van der Waals surface area (Å²) in [4.78, 5) is 42.3. The molecule has 0 radical (unpaired) electrons. The lowest BCUT2D eigenvalue weighted by molar-refractivity contribution is -0.146. The Kier molecular flexibility index (Phi) is 5.67. The van der Waals surface area contributed by atoms with E-state index in [1.165, 1.54) is 35.4 Å². The molecule has 2 atom stereocenters. The van der Waals surface area contributed by atoms with E-state index in [1.807, 2.05) is 6.92 Å². The maximum atomic E-state index is 13.3. The second-order valence-corrected chi connectivity index (χ2v) is 6.93. The Morgan fingerprint density at radius 2 is 1.89 bits per heavy atom.